The first-order valence-electron chi connectivity index (χ1n) is 6.61. The number of hydrazine groups is 1. The minimum atomic E-state index is -0.172. The molecule has 2 aromatic rings. The average molecular weight is 270 g/mol. The highest BCUT2D eigenvalue weighted by atomic mass is 16.5. The van der Waals surface area contributed by atoms with Crippen LogP contribution in [0.15, 0.2) is 48.7 Å². The Kier molecular flexibility index (Phi) is 3.64. The molecule has 104 valence electrons. The minimum Gasteiger partial charge on any atom is -0.497 e. The summed E-state index contributed by atoms with van der Waals surface area (Å²) in [5, 5.41) is 0. The fraction of sp³-hybridized carbons (Fsp3) is 0.267. The number of nitrogens with two attached hydrogens (primary N) is 1. The van der Waals surface area contributed by atoms with Crippen LogP contribution in [0.25, 0.3) is 0 Å². The van der Waals surface area contributed by atoms with E-state index in [1.54, 1.807) is 13.3 Å². The Hall–Kier alpha value is -1.95. The lowest BCUT2D eigenvalue weighted by Gasteiger charge is -2.21. The second-order valence-electron chi connectivity index (χ2n) is 4.85. The summed E-state index contributed by atoms with van der Waals surface area (Å²) in [5.74, 6) is 0.932. The van der Waals surface area contributed by atoms with E-state index in [0.717, 1.165) is 17.0 Å². The van der Waals surface area contributed by atoms with E-state index in [4.69, 9.17) is 10.5 Å². The summed E-state index contributed by atoms with van der Waals surface area (Å²) >= 11 is 0. The molecule has 0 spiro atoms. The molecule has 0 aliphatic carbocycles. The Labute approximate surface area is 118 Å². The Morgan fingerprint density at radius 3 is 2.80 bits per heavy atom. The molecule has 2 heterocycles. The number of pyridine rings is 1. The van der Waals surface area contributed by atoms with E-state index in [1.165, 1.54) is 0 Å². The van der Waals surface area contributed by atoms with E-state index in [2.05, 4.69) is 21.9 Å². The molecule has 1 aromatic heterocycles. The van der Waals surface area contributed by atoms with Crippen molar-refractivity contribution in [2.45, 2.75) is 18.1 Å². The predicted octanol–water partition coefficient (Wildman–Crippen LogP) is 1.31. The van der Waals surface area contributed by atoms with E-state index >= 15 is 0 Å². The normalized spacial score (nSPS) is 25.6. The smallest absolute Gasteiger partial charge is 0.119 e. The summed E-state index contributed by atoms with van der Waals surface area (Å²) in [6.07, 6.45) is 1.62. The molecule has 1 aromatic carbocycles. The van der Waals surface area contributed by atoms with Crippen molar-refractivity contribution in [3.05, 3.63) is 59.9 Å². The van der Waals surface area contributed by atoms with E-state index in [0.29, 0.717) is 0 Å². The molecule has 4 N–H and O–H groups in total. The summed E-state index contributed by atoms with van der Waals surface area (Å²) in [5.41, 5.74) is 14.6. The maximum absolute atomic E-state index is 6.19. The van der Waals surface area contributed by atoms with Gasteiger partial charge in [0.25, 0.3) is 0 Å². The number of methoxy groups -OCH3 is 1. The lowest BCUT2D eigenvalue weighted by atomic mass is 9.89. The molecule has 5 nitrogen and oxygen atoms in total. The van der Waals surface area contributed by atoms with Gasteiger partial charge in [-0.3, -0.25) is 4.98 Å². The fourth-order valence-corrected chi connectivity index (χ4v) is 2.64. The molecule has 3 atom stereocenters. The zero-order valence-electron chi connectivity index (χ0n) is 11.3. The molecule has 1 fully saturated rings. The number of nitrogens with one attached hydrogen (secondary N) is 2. The number of rotatable bonds is 3. The fourth-order valence-electron chi connectivity index (χ4n) is 2.64. The van der Waals surface area contributed by atoms with Gasteiger partial charge in [0.1, 0.15) is 5.75 Å². The highest BCUT2D eigenvalue weighted by Gasteiger charge is 2.36. The van der Waals surface area contributed by atoms with Crippen molar-refractivity contribution < 1.29 is 4.74 Å². The Morgan fingerprint density at radius 1 is 1.15 bits per heavy atom. The maximum Gasteiger partial charge on any atom is 0.119 e. The van der Waals surface area contributed by atoms with Crippen LogP contribution in [0.2, 0.25) is 0 Å². The Balaban J connectivity index is 1.96. The average Bonchev–Trinajstić information content (AvgIpc) is 2.90. The Morgan fingerprint density at radius 2 is 2.05 bits per heavy atom. The molecule has 3 unspecified atom stereocenters. The number of nitrogens with zero attached hydrogens (tertiary/aromatic N) is 1. The van der Waals surface area contributed by atoms with E-state index in [9.17, 15) is 0 Å². The summed E-state index contributed by atoms with van der Waals surface area (Å²) in [6, 6.07) is 13.9. The van der Waals surface area contributed by atoms with Crippen molar-refractivity contribution in [2.75, 3.05) is 7.11 Å². The van der Waals surface area contributed by atoms with Gasteiger partial charge in [-0.15, -0.1) is 0 Å². The monoisotopic (exact) mass is 270 g/mol. The van der Waals surface area contributed by atoms with Gasteiger partial charge < -0.3 is 10.5 Å². The van der Waals surface area contributed by atoms with E-state index in [-0.39, 0.29) is 18.1 Å². The molecule has 5 heteroatoms. The second kappa shape index (κ2) is 5.58. The second-order valence-corrected chi connectivity index (χ2v) is 4.85. The number of hydrogen-bond donors (Lipinski definition) is 3. The van der Waals surface area contributed by atoms with Gasteiger partial charge in [0.2, 0.25) is 0 Å². The standard InChI is InChI=1S/C15H18N4O/c1-20-11-6-4-5-10(9-11)13-14(18-19-15(13)16)12-7-2-3-8-17-12/h2-9,13-15,18-19H,16H2,1H3. The number of ether oxygens (including phenoxy) is 1. The van der Waals surface area contributed by atoms with Gasteiger partial charge in [0, 0.05) is 12.1 Å². The van der Waals surface area contributed by atoms with Crippen molar-refractivity contribution in [3.63, 3.8) is 0 Å². The van der Waals surface area contributed by atoms with Gasteiger partial charge in [-0.25, -0.2) is 10.9 Å². The van der Waals surface area contributed by atoms with Crippen LogP contribution in [0, 0.1) is 0 Å². The molecule has 0 radical (unpaired) electrons. The highest BCUT2D eigenvalue weighted by Crippen LogP contribution is 2.35. The van der Waals surface area contributed by atoms with E-state index < -0.39 is 0 Å². The molecular formula is C15H18N4O. The van der Waals surface area contributed by atoms with E-state index in [1.807, 2.05) is 36.4 Å². The first-order valence-corrected chi connectivity index (χ1v) is 6.61. The number of benzene rings is 1. The molecule has 1 saturated heterocycles. The molecule has 0 amide bonds. The summed E-state index contributed by atoms with van der Waals surface area (Å²) in [6.45, 7) is 0. The SMILES string of the molecule is COc1cccc(C2C(N)NNC2c2ccccn2)c1. The van der Waals surface area contributed by atoms with Gasteiger partial charge in [-0.05, 0) is 29.8 Å². The zero-order chi connectivity index (χ0) is 13.9. The highest BCUT2D eigenvalue weighted by molar-refractivity contribution is 5.34. The first-order chi connectivity index (χ1) is 9.79. The van der Waals surface area contributed by atoms with Gasteiger partial charge in [-0.2, -0.15) is 0 Å². The summed E-state index contributed by atoms with van der Waals surface area (Å²) < 4.78 is 5.29. The third-order valence-electron chi connectivity index (χ3n) is 3.64. The molecule has 0 bridgehead atoms. The molecule has 3 rings (SSSR count). The molecular weight excluding hydrogens is 252 g/mol. The van der Waals surface area contributed by atoms with Crippen LogP contribution < -0.4 is 21.3 Å². The minimum absolute atomic E-state index is 0.0401. The van der Waals surface area contributed by atoms with Crippen LogP contribution in [-0.4, -0.2) is 18.3 Å². The predicted molar refractivity (Wildman–Crippen MR) is 77.0 cm³/mol. The van der Waals surface area contributed by atoms with Crippen LogP contribution in [-0.2, 0) is 0 Å². The quantitative estimate of drug-likeness (QED) is 0.784. The van der Waals surface area contributed by atoms with Crippen LogP contribution in [0.3, 0.4) is 0 Å². The van der Waals surface area contributed by atoms with Crippen LogP contribution >= 0.6 is 0 Å². The Bertz CT molecular complexity index is 575. The third kappa shape index (κ3) is 2.38. The van der Waals surface area contributed by atoms with Crippen molar-refractivity contribution in [1.29, 1.82) is 0 Å². The van der Waals surface area contributed by atoms with Gasteiger partial charge in [-0.1, -0.05) is 18.2 Å². The number of aromatic nitrogens is 1. The lowest BCUT2D eigenvalue weighted by Crippen LogP contribution is -2.38. The van der Waals surface area contributed by atoms with Crippen LogP contribution in [0.1, 0.15) is 23.2 Å². The van der Waals surface area contributed by atoms with Crippen molar-refractivity contribution in [3.8, 4) is 5.75 Å². The summed E-state index contributed by atoms with van der Waals surface area (Å²) in [4.78, 5) is 4.42. The topological polar surface area (TPSA) is 72.2 Å². The van der Waals surface area contributed by atoms with Crippen LogP contribution in [0.5, 0.6) is 5.75 Å². The molecule has 0 saturated carbocycles. The maximum atomic E-state index is 6.19. The van der Waals surface area contributed by atoms with Gasteiger partial charge >= 0.3 is 0 Å². The lowest BCUT2D eigenvalue weighted by molar-refractivity contribution is 0.413. The largest absolute Gasteiger partial charge is 0.497 e. The molecule has 20 heavy (non-hydrogen) atoms. The number of hydrogen-bond acceptors (Lipinski definition) is 5. The van der Waals surface area contributed by atoms with Crippen molar-refractivity contribution in [2.24, 2.45) is 5.73 Å². The van der Waals surface area contributed by atoms with Crippen molar-refractivity contribution in [1.82, 2.24) is 15.8 Å². The summed E-state index contributed by atoms with van der Waals surface area (Å²) in [7, 11) is 1.67. The zero-order valence-corrected chi connectivity index (χ0v) is 11.3. The molecule has 1 aliphatic heterocycles. The van der Waals surface area contributed by atoms with Crippen LogP contribution in [0.4, 0.5) is 0 Å². The van der Waals surface area contributed by atoms with Gasteiger partial charge in [0.05, 0.1) is 25.0 Å². The third-order valence-corrected chi connectivity index (χ3v) is 3.64. The first kappa shape index (κ1) is 13.1. The van der Waals surface area contributed by atoms with Gasteiger partial charge in [0.15, 0.2) is 0 Å². The van der Waals surface area contributed by atoms with Crippen molar-refractivity contribution >= 4 is 0 Å². The molecule has 1 aliphatic rings.